The van der Waals surface area contributed by atoms with E-state index < -0.39 is 5.82 Å². The van der Waals surface area contributed by atoms with E-state index in [0.717, 1.165) is 0 Å². The number of nitrogens with two attached hydrogens (primary N) is 1. The summed E-state index contributed by atoms with van der Waals surface area (Å²) in [5.74, 6) is -0.750. The molecule has 0 unspecified atom stereocenters. The molecule has 0 saturated heterocycles. The van der Waals surface area contributed by atoms with Gasteiger partial charge in [-0.05, 0) is 12.1 Å². The lowest BCUT2D eigenvalue weighted by Gasteiger charge is -1.99. The third-order valence-electron chi connectivity index (χ3n) is 1.25. The van der Waals surface area contributed by atoms with E-state index in [1.54, 1.807) is 6.07 Å². The zero-order valence-corrected chi connectivity index (χ0v) is 6.19. The first kappa shape index (κ1) is 7.83. The van der Waals surface area contributed by atoms with E-state index in [9.17, 15) is 4.39 Å². The maximum absolute atomic E-state index is 12.8. The van der Waals surface area contributed by atoms with Crippen molar-refractivity contribution >= 4 is 17.3 Å². The third kappa shape index (κ3) is 1.26. The molecule has 1 aromatic carbocycles. The summed E-state index contributed by atoms with van der Waals surface area (Å²) in [6, 6.07) is 4.32. The van der Waals surface area contributed by atoms with Crippen LogP contribution in [0.25, 0.3) is 0 Å². The Hall–Kier alpha value is -1.27. The number of nitrogens with zero attached hydrogens (tertiary/aromatic N) is 1. The highest BCUT2D eigenvalue weighted by atomic mass is 35.5. The molecule has 0 aliphatic rings. The van der Waals surface area contributed by atoms with Crippen molar-refractivity contribution in [2.45, 2.75) is 0 Å². The van der Waals surface area contributed by atoms with Gasteiger partial charge < -0.3 is 5.73 Å². The molecule has 2 nitrogen and oxygen atoms in total. The molecule has 4 heteroatoms. The van der Waals surface area contributed by atoms with E-state index in [1.165, 1.54) is 12.1 Å². The Labute approximate surface area is 68.0 Å². The first-order valence-electron chi connectivity index (χ1n) is 2.80. The van der Waals surface area contributed by atoms with Crippen molar-refractivity contribution in [3.8, 4) is 6.07 Å². The van der Waals surface area contributed by atoms with E-state index in [0.29, 0.717) is 0 Å². The second-order valence-corrected chi connectivity index (χ2v) is 2.34. The molecule has 1 rings (SSSR count). The van der Waals surface area contributed by atoms with Crippen LogP contribution in [0.4, 0.5) is 10.1 Å². The molecule has 0 fully saturated rings. The van der Waals surface area contributed by atoms with Crippen LogP contribution in [0.3, 0.4) is 0 Å². The molecule has 0 aliphatic carbocycles. The molecule has 11 heavy (non-hydrogen) atoms. The van der Waals surface area contributed by atoms with Gasteiger partial charge in [0, 0.05) is 0 Å². The van der Waals surface area contributed by atoms with Crippen LogP contribution in [0.1, 0.15) is 5.56 Å². The Bertz CT molecular complexity index is 330. The molecule has 0 radical (unpaired) electrons. The average Bonchev–Trinajstić information content (AvgIpc) is 2.01. The van der Waals surface area contributed by atoms with Gasteiger partial charge in [0.1, 0.15) is 6.07 Å². The van der Waals surface area contributed by atoms with E-state index in [4.69, 9.17) is 22.6 Å². The van der Waals surface area contributed by atoms with Gasteiger partial charge in [-0.25, -0.2) is 4.39 Å². The van der Waals surface area contributed by atoms with Crippen LogP contribution in [-0.4, -0.2) is 0 Å². The summed E-state index contributed by atoms with van der Waals surface area (Å²) in [6.07, 6.45) is 0. The maximum Gasteiger partial charge on any atom is 0.165 e. The fourth-order valence-corrected chi connectivity index (χ4v) is 0.802. The summed E-state index contributed by atoms with van der Waals surface area (Å²) < 4.78 is 12.8. The van der Waals surface area contributed by atoms with Gasteiger partial charge in [0.15, 0.2) is 5.82 Å². The van der Waals surface area contributed by atoms with Crippen LogP contribution in [0.15, 0.2) is 12.1 Å². The average molecular weight is 171 g/mol. The fraction of sp³-hybridized carbons (Fsp3) is 0. The van der Waals surface area contributed by atoms with Gasteiger partial charge in [0.2, 0.25) is 0 Å². The number of hydrogen-bond donors (Lipinski definition) is 1. The molecule has 0 saturated carbocycles. The Morgan fingerprint density at radius 1 is 1.55 bits per heavy atom. The minimum absolute atomic E-state index is 0.0908. The summed E-state index contributed by atoms with van der Waals surface area (Å²) in [4.78, 5) is 0. The van der Waals surface area contributed by atoms with Crippen LogP contribution in [0.5, 0.6) is 0 Å². The van der Waals surface area contributed by atoms with Crippen LogP contribution in [0.2, 0.25) is 5.02 Å². The van der Waals surface area contributed by atoms with Gasteiger partial charge in [-0.3, -0.25) is 0 Å². The largest absolute Gasteiger partial charge is 0.395 e. The molecule has 0 spiro atoms. The topological polar surface area (TPSA) is 49.8 Å². The zero-order chi connectivity index (χ0) is 8.43. The standard InChI is InChI=1S/C7H4ClFN2/c8-5-2-1-4(3-10)6(9)7(5)11/h1-2H,11H2. The van der Waals surface area contributed by atoms with Crippen molar-refractivity contribution in [1.82, 2.24) is 0 Å². The van der Waals surface area contributed by atoms with Crippen molar-refractivity contribution in [2.24, 2.45) is 0 Å². The number of nitrogen functional groups attached to an aromatic ring is 1. The first-order valence-corrected chi connectivity index (χ1v) is 3.18. The molecule has 0 atom stereocenters. The molecular weight excluding hydrogens is 167 g/mol. The molecule has 2 N–H and O–H groups in total. The smallest absolute Gasteiger partial charge is 0.165 e. The minimum Gasteiger partial charge on any atom is -0.395 e. The van der Waals surface area contributed by atoms with Gasteiger partial charge in [-0.1, -0.05) is 11.6 Å². The van der Waals surface area contributed by atoms with E-state index in [2.05, 4.69) is 0 Å². The van der Waals surface area contributed by atoms with Gasteiger partial charge in [-0.2, -0.15) is 5.26 Å². The Morgan fingerprint density at radius 2 is 2.18 bits per heavy atom. The van der Waals surface area contributed by atoms with Crippen molar-refractivity contribution < 1.29 is 4.39 Å². The Balaban J connectivity index is 3.40. The van der Waals surface area contributed by atoms with Gasteiger partial charge >= 0.3 is 0 Å². The number of nitriles is 1. The van der Waals surface area contributed by atoms with Crippen LogP contribution >= 0.6 is 11.6 Å². The number of anilines is 1. The van der Waals surface area contributed by atoms with E-state index >= 15 is 0 Å². The third-order valence-corrected chi connectivity index (χ3v) is 1.58. The predicted molar refractivity (Wildman–Crippen MR) is 40.5 cm³/mol. The first-order chi connectivity index (χ1) is 5.16. The molecular formula is C7H4ClFN2. The Morgan fingerprint density at radius 3 is 2.73 bits per heavy atom. The van der Waals surface area contributed by atoms with Crippen LogP contribution < -0.4 is 5.73 Å². The number of benzene rings is 1. The molecule has 0 bridgehead atoms. The zero-order valence-electron chi connectivity index (χ0n) is 5.44. The van der Waals surface area contributed by atoms with Gasteiger partial charge in [0.05, 0.1) is 16.3 Å². The maximum atomic E-state index is 12.8. The van der Waals surface area contributed by atoms with Crippen molar-refractivity contribution in [2.75, 3.05) is 5.73 Å². The lowest BCUT2D eigenvalue weighted by Crippen LogP contribution is -1.94. The monoisotopic (exact) mass is 170 g/mol. The normalized spacial score (nSPS) is 9.18. The van der Waals surface area contributed by atoms with E-state index in [-0.39, 0.29) is 16.3 Å². The summed E-state index contributed by atoms with van der Waals surface area (Å²) in [7, 11) is 0. The second-order valence-electron chi connectivity index (χ2n) is 1.93. The molecule has 0 aromatic heterocycles. The van der Waals surface area contributed by atoms with Crippen molar-refractivity contribution in [3.63, 3.8) is 0 Å². The number of hydrogen-bond acceptors (Lipinski definition) is 2. The van der Waals surface area contributed by atoms with E-state index in [1.807, 2.05) is 0 Å². The quantitative estimate of drug-likeness (QED) is 0.605. The predicted octanol–water partition coefficient (Wildman–Crippen LogP) is 1.93. The molecule has 0 heterocycles. The summed E-state index contributed by atoms with van der Waals surface area (Å²) >= 11 is 5.47. The molecule has 56 valence electrons. The molecule has 0 aliphatic heterocycles. The van der Waals surface area contributed by atoms with Crippen LogP contribution in [-0.2, 0) is 0 Å². The summed E-state index contributed by atoms with van der Waals surface area (Å²) in [5, 5.41) is 8.47. The SMILES string of the molecule is N#Cc1ccc(Cl)c(N)c1F. The lowest BCUT2D eigenvalue weighted by atomic mass is 10.2. The number of rotatable bonds is 0. The highest BCUT2D eigenvalue weighted by Gasteiger charge is 2.07. The van der Waals surface area contributed by atoms with Crippen LogP contribution in [0, 0.1) is 17.1 Å². The molecule has 0 amide bonds. The van der Waals surface area contributed by atoms with Crippen molar-refractivity contribution in [1.29, 1.82) is 5.26 Å². The second kappa shape index (κ2) is 2.77. The highest BCUT2D eigenvalue weighted by molar-refractivity contribution is 6.33. The fourth-order valence-electron chi connectivity index (χ4n) is 0.656. The Kier molecular flexibility index (Phi) is 1.97. The summed E-state index contributed by atoms with van der Waals surface area (Å²) in [6.45, 7) is 0. The lowest BCUT2D eigenvalue weighted by molar-refractivity contribution is 0.629. The highest BCUT2D eigenvalue weighted by Crippen LogP contribution is 2.23. The van der Waals surface area contributed by atoms with Crippen molar-refractivity contribution in [3.05, 3.63) is 28.5 Å². The van der Waals surface area contributed by atoms with Gasteiger partial charge in [0.25, 0.3) is 0 Å². The van der Waals surface area contributed by atoms with Gasteiger partial charge in [-0.15, -0.1) is 0 Å². The molecule has 1 aromatic rings. The summed E-state index contributed by atoms with van der Waals surface area (Å²) in [5.41, 5.74) is 4.93. The minimum atomic E-state index is -0.750. The number of halogens is 2.